The number of halogens is 1. The molecule has 0 saturated heterocycles. The van der Waals surface area contributed by atoms with Crippen molar-refractivity contribution in [2.45, 2.75) is 19.9 Å². The maximum absolute atomic E-state index is 12.5. The van der Waals surface area contributed by atoms with Crippen LogP contribution in [0.2, 0.25) is 0 Å². The summed E-state index contributed by atoms with van der Waals surface area (Å²) in [5, 5.41) is 2.99. The number of amides is 1. The molecule has 170 valence electrons. The lowest BCUT2D eigenvalue weighted by Crippen LogP contribution is -2.26. The molecule has 7 heteroatoms. The minimum Gasteiger partial charge on any atom is -0.490 e. The summed E-state index contributed by atoms with van der Waals surface area (Å²) >= 11 is 3.41. The van der Waals surface area contributed by atoms with Gasteiger partial charge in [0.05, 0.1) is 24.2 Å². The van der Waals surface area contributed by atoms with Gasteiger partial charge in [0.1, 0.15) is 12.4 Å². The van der Waals surface area contributed by atoms with Crippen LogP contribution in [-0.4, -0.2) is 35.2 Å². The molecular formula is C26H26BrN3O3. The molecule has 4 aromatic rings. The van der Waals surface area contributed by atoms with Gasteiger partial charge in [-0.05, 0) is 49.4 Å². The first kappa shape index (κ1) is 22.9. The highest BCUT2D eigenvalue weighted by molar-refractivity contribution is 9.10. The zero-order chi connectivity index (χ0) is 23.0. The second-order valence-corrected chi connectivity index (χ2v) is 8.33. The molecule has 1 amide bonds. The average molecular weight is 508 g/mol. The Labute approximate surface area is 201 Å². The number of carbonyl (C=O) groups excluding carboxylic acids is 1. The summed E-state index contributed by atoms with van der Waals surface area (Å²) in [7, 11) is 0. The van der Waals surface area contributed by atoms with Crippen LogP contribution in [0.3, 0.4) is 0 Å². The lowest BCUT2D eigenvalue weighted by molar-refractivity contribution is 0.0954. The zero-order valence-electron chi connectivity index (χ0n) is 18.5. The standard InChI is InChI=1S/C26H26BrN3O3/c1-2-32-23-12-5-6-13-24(23)33-17-16-30-22-11-4-3-10-21(22)29-25(30)14-15-28-26(31)19-8-7-9-20(27)18-19/h3-13,18H,2,14-17H2,1H3,(H,28,31). The molecule has 1 heterocycles. The molecule has 1 N–H and O–H groups in total. The number of benzene rings is 3. The van der Waals surface area contributed by atoms with E-state index in [1.807, 2.05) is 67.6 Å². The van der Waals surface area contributed by atoms with Crippen LogP contribution in [-0.2, 0) is 13.0 Å². The molecule has 0 unspecified atom stereocenters. The number of hydrogen-bond acceptors (Lipinski definition) is 4. The Morgan fingerprint density at radius 1 is 1.00 bits per heavy atom. The monoisotopic (exact) mass is 507 g/mol. The van der Waals surface area contributed by atoms with Gasteiger partial charge in [-0.25, -0.2) is 4.98 Å². The number of imidazole rings is 1. The van der Waals surface area contributed by atoms with Gasteiger partial charge >= 0.3 is 0 Å². The number of nitrogens with zero attached hydrogens (tertiary/aromatic N) is 2. The third kappa shape index (κ3) is 5.73. The number of ether oxygens (including phenoxy) is 2. The van der Waals surface area contributed by atoms with Gasteiger partial charge in [-0.1, -0.05) is 46.3 Å². The number of fused-ring (bicyclic) bond motifs is 1. The third-order valence-electron chi connectivity index (χ3n) is 5.18. The third-order valence-corrected chi connectivity index (χ3v) is 5.67. The Morgan fingerprint density at radius 2 is 1.76 bits per heavy atom. The maximum Gasteiger partial charge on any atom is 0.251 e. The largest absolute Gasteiger partial charge is 0.490 e. The van der Waals surface area contributed by atoms with Crippen molar-refractivity contribution in [3.05, 3.63) is 88.7 Å². The first-order chi connectivity index (χ1) is 16.2. The fraction of sp³-hybridized carbons (Fsp3) is 0.231. The van der Waals surface area contributed by atoms with Gasteiger partial charge in [0, 0.05) is 23.0 Å². The van der Waals surface area contributed by atoms with Crippen molar-refractivity contribution in [1.82, 2.24) is 14.9 Å². The van der Waals surface area contributed by atoms with Crippen molar-refractivity contribution in [1.29, 1.82) is 0 Å². The van der Waals surface area contributed by atoms with Crippen LogP contribution in [0.15, 0.2) is 77.3 Å². The molecule has 0 atom stereocenters. The fourth-order valence-corrected chi connectivity index (χ4v) is 4.08. The summed E-state index contributed by atoms with van der Waals surface area (Å²) in [5.74, 6) is 2.28. The highest BCUT2D eigenvalue weighted by atomic mass is 79.9. The Morgan fingerprint density at radius 3 is 2.55 bits per heavy atom. The highest BCUT2D eigenvalue weighted by Gasteiger charge is 2.12. The van der Waals surface area contributed by atoms with E-state index in [4.69, 9.17) is 14.5 Å². The number of carbonyl (C=O) groups is 1. The van der Waals surface area contributed by atoms with E-state index in [9.17, 15) is 4.79 Å². The van der Waals surface area contributed by atoms with Gasteiger partial charge in [0.2, 0.25) is 0 Å². The summed E-state index contributed by atoms with van der Waals surface area (Å²) in [5.41, 5.74) is 2.60. The molecule has 1 aromatic heterocycles. The minimum absolute atomic E-state index is 0.102. The molecule has 33 heavy (non-hydrogen) atoms. The summed E-state index contributed by atoms with van der Waals surface area (Å²) < 4.78 is 14.7. The van der Waals surface area contributed by atoms with Crippen molar-refractivity contribution >= 4 is 32.9 Å². The topological polar surface area (TPSA) is 65.4 Å². The van der Waals surface area contributed by atoms with E-state index in [2.05, 4.69) is 31.9 Å². The van der Waals surface area contributed by atoms with Crippen molar-refractivity contribution in [3.63, 3.8) is 0 Å². The Balaban J connectivity index is 1.43. The SMILES string of the molecule is CCOc1ccccc1OCCn1c(CCNC(=O)c2cccc(Br)c2)nc2ccccc21. The van der Waals surface area contributed by atoms with E-state index in [0.29, 0.717) is 38.3 Å². The first-order valence-corrected chi connectivity index (χ1v) is 11.8. The van der Waals surface area contributed by atoms with Crippen LogP contribution >= 0.6 is 15.9 Å². The molecule has 0 aliphatic heterocycles. The molecule has 4 rings (SSSR count). The number of para-hydroxylation sites is 4. The highest BCUT2D eigenvalue weighted by Crippen LogP contribution is 2.26. The summed E-state index contributed by atoms with van der Waals surface area (Å²) in [6, 6.07) is 23.1. The molecule has 0 radical (unpaired) electrons. The van der Waals surface area contributed by atoms with Gasteiger partial charge in [-0.3, -0.25) is 4.79 Å². The van der Waals surface area contributed by atoms with E-state index < -0.39 is 0 Å². The van der Waals surface area contributed by atoms with Crippen LogP contribution in [0.25, 0.3) is 11.0 Å². The fourth-order valence-electron chi connectivity index (χ4n) is 3.68. The lowest BCUT2D eigenvalue weighted by atomic mass is 10.2. The molecule has 0 fully saturated rings. The average Bonchev–Trinajstić information content (AvgIpc) is 3.17. The van der Waals surface area contributed by atoms with Crippen LogP contribution in [0, 0.1) is 0 Å². The van der Waals surface area contributed by atoms with Crippen LogP contribution in [0.1, 0.15) is 23.1 Å². The smallest absolute Gasteiger partial charge is 0.251 e. The van der Waals surface area contributed by atoms with Gasteiger partial charge in [-0.2, -0.15) is 0 Å². The van der Waals surface area contributed by atoms with E-state index in [1.54, 1.807) is 6.07 Å². The molecule has 0 bridgehead atoms. The number of nitrogens with one attached hydrogen (secondary N) is 1. The van der Waals surface area contributed by atoms with E-state index >= 15 is 0 Å². The van der Waals surface area contributed by atoms with Crippen LogP contribution in [0.4, 0.5) is 0 Å². The minimum atomic E-state index is -0.102. The zero-order valence-corrected chi connectivity index (χ0v) is 20.0. The molecule has 0 saturated carbocycles. The number of hydrogen-bond donors (Lipinski definition) is 1. The Bertz CT molecular complexity index is 1240. The normalized spacial score (nSPS) is 10.8. The van der Waals surface area contributed by atoms with Gasteiger partial charge in [-0.15, -0.1) is 0 Å². The van der Waals surface area contributed by atoms with Gasteiger partial charge < -0.3 is 19.4 Å². The van der Waals surface area contributed by atoms with E-state index in [-0.39, 0.29) is 5.91 Å². The van der Waals surface area contributed by atoms with E-state index in [0.717, 1.165) is 32.8 Å². The predicted molar refractivity (Wildman–Crippen MR) is 133 cm³/mol. The summed E-state index contributed by atoms with van der Waals surface area (Å²) in [6.45, 7) is 4.14. The Hall–Kier alpha value is -3.32. The van der Waals surface area contributed by atoms with E-state index in [1.165, 1.54) is 0 Å². The van der Waals surface area contributed by atoms with Crippen molar-refractivity contribution in [2.75, 3.05) is 19.8 Å². The molecular weight excluding hydrogens is 482 g/mol. The Kier molecular flexibility index (Phi) is 7.62. The van der Waals surface area contributed by atoms with Crippen molar-refractivity contribution in [3.8, 4) is 11.5 Å². The van der Waals surface area contributed by atoms with Crippen LogP contribution < -0.4 is 14.8 Å². The van der Waals surface area contributed by atoms with Gasteiger partial charge in [0.15, 0.2) is 11.5 Å². The molecule has 0 aliphatic carbocycles. The van der Waals surface area contributed by atoms with Crippen LogP contribution in [0.5, 0.6) is 11.5 Å². The summed E-state index contributed by atoms with van der Waals surface area (Å²) in [4.78, 5) is 17.3. The first-order valence-electron chi connectivity index (χ1n) is 11.0. The molecule has 3 aromatic carbocycles. The maximum atomic E-state index is 12.5. The lowest BCUT2D eigenvalue weighted by Gasteiger charge is -2.14. The molecule has 6 nitrogen and oxygen atoms in total. The number of aromatic nitrogens is 2. The second kappa shape index (κ2) is 11.0. The quantitative estimate of drug-likeness (QED) is 0.318. The second-order valence-electron chi connectivity index (χ2n) is 7.41. The van der Waals surface area contributed by atoms with Crippen molar-refractivity contribution in [2.24, 2.45) is 0 Å². The molecule has 0 spiro atoms. The number of rotatable bonds is 10. The summed E-state index contributed by atoms with van der Waals surface area (Å²) in [6.07, 6.45) is 0.615. The predicted octanol–water partition coefficient (Wildman–Crippen LogP) is 5.25. The molecule has 0 aliphatic rings. The van der Waals surface area contributed by atoms with Gasteiger partial charge in [0.25, 0.3) is 5.91 Å². The van der Waals surface area contributed by atoms with Crippen molar-refractivity contribution < 1.29 is 14.3 Å².